The molecular formula is C13H9N5. The highest BCUT2D eigenvalue weighted by Gasteiger charge is 2.06. The van der Waals surface area contributed by atoms with Crippen LogP contribution in [0.1, 0.15) is 0 Å². The number of aromatic nitrogens is 5. The van der Waals surface area contributed by atoms with Crippen molar-refractivity contribution in [3.05, 3.63) is 48.9 Å². The summed E-state index contributed by atoms with van der Waals surface area (Å²) >= 11 is 0. The van der Waals surface area contributed by atoms with E-state index in [4.69, 9.17) is 0 Å². The first kappa shape index (κ1) is 9.35. The molecule has 0 fully saturated rings. The second-order valence-electron chi connectivity index (χ2n) is 4.09. The molecule has 0 amide bonds. The van der Waals surface area contributed by atoms with Crippen LogP contribution in [0.3, 0.4) is 0 Å². The van der Waals surface area contributed by atoms with Gasteiger partial charge in [0.1, 0.15) is 11.5 Å². The number of hydrogen-bond donors (Lipinski definition) is 1. The van der Waals surface area contributed by atoms with Gasteiger partial charge in [0, 0.05) is 29.4 Å². The summed E-state index contributed by atoms with van der Waals surface area (Å²) in [5.74, 6) is 0.890. The number of hydrogen-bond acceptors (Lipinski definition) is 3. The van der Waals surface area contributed by atoms with Crippen molar-refractivity contribution in [2.45, 2.75) is 0 Å². The minimum atomic E-state index is 0.740. The molecule has 4 aromatic heterocycles. The Hall–Kier alpha value is -2.69. The molecule has 0 saturated heterocycles. The molecule has 0 unspecified atom stereocenters. The van der Waals surface area contributed by atoms with E-state index in [1.54, 1.807) is 17.1 Å². The van der Waals surface area contributed by atoms with Crippen LogP contribution < -0.4 is 0 Å². The van der Waals surface area contributed by atoms with Gasteiger partial charge in [-0.2, -0.15) is 0 Å². The maximum absolute atomic E-state index is 4.42. The Morgan fingerprint density at radius 3 is 2.67 bits per heavy atom. The van der Waals surface area contributed by atoms with Crippen LogP contribution in [0, 0.1) is 0 Å². The molecule has 5 heteroatoms. The number of fused-ring (bicyclic) bond motifs is 2. The van der Waals surface area contributed by atoms with E-state index in [-0.39, 0.29) is 0 Å². The molecule has 0 aliphatic carbocycles. The van der Waals surface area contributed by atoms with Crippen LogP contribution in [0.15, 0.2) is 48.9 Å². The zero-order valence-corrected chi connectivity index (χ0v) is 9.41. The molecule has 4 aromatic rings. The first-order chi connectivity index (χ1) is 8.90. The zero-order valence-electron chi connectivity index (χ0n) is 9.41. The zero-order chi connectivity index (χ0) is 11.9. The third-order valence-electron chi connectivity index (χ3n) is 2.91. The normalized spacial score (nSPS) is 11.3. The van der Waals surface area contributed by atoms with Crippen LogP contribution >= 0.6 is 0 Å². The fourth-order valence-electron chi connectivity index (χ4n) is 2.05. The van der Waals surface area contributed by atoms with Crippen LogP contribution in [0.25, 0.3) is 27.9 Å². The summed E-state index contributed by atoms with van der Waals surface area (Å²) in [6, 6.07) is 9.85. The van der Waals surface area contributed by atoms with Crippen molar-refractivity contribution >= 4 is 22.1 Å². The predicted molar refractivity (Wildman–Crippen MR) is 68.5 cm³/mol. The smallest absolute Gasteiger partial charge is 0.181 e. The van der Waals surface area contributed by atoms with Crippen LogP contribution in [0.5, 0.6) is 0 Å². The summed E-state index contributed by atoms with van der Waals surface area (Å²) in [7, 11) is 0. The average molecular weight is 235 g/mol. The Kier molecular flexibility index (Phi) is 1.77. The van der Waals surface area contributed by atoms with Gasteiger partial charge in [0.05, 0.1) is 0 Å². The summed E-state index contributed by atoms with van der Waals surface area (Å²) in [5.41, 5.74) is 1.60. The Morgan fingerprint density at radius 1 is 1.00 bits per heavy atom. The SMILES string of the molecule is c1cnc2nn(-c3cc4cccnc4[nH]3)cc2c1. The Balaban J connectivity index is 1.95. The Labute approximate surface area is 102 Å². The van der Waals surface area contributed by atoms with Crippen molar-refractivity contribution in [2.75, 3.05) is 0 Å². The van der Waals surface area contributed by atoms with Gasteiger partial charge in [-0.25, -0.2) is 14.6 Å². The second kappa shape index (κ2) is 3.40. The summed E-state index contributed by atoms with van der Waals surface area (Å²) in [6.07, 6.45) is 5.46. The third-order valence-corrected chi connectivity index (χ3v) is 2.91. The van der Waals surface area contributed by atoms with Crippen LogP contribution in [0.2, 0.25) is 0 Å². The van der Waals surface area contributed by atoms with Gasteiger partial charge in [-0.1, -0.05) is 0 Å². The lowest BCUT2D eigenvalue weighted by Gasteiger charge is -1.93. The highest BCUT2D eigenvalue weighted by Crippen LogP contribution is 2.17. The Bertz CT molecular complexity index is 704. The monoisotopic (exact) mass is 235 g/mol. The summed E-state index contributed by atoms with van der Waals surface area (Å²) in [4.78, 5) is 11.7. The number of rotatable bonds is 1. The molecule has 18 heavy (non-hydrogen) atoms. The topological polar surface area (TPSA) is 59.4 Å². The molecule has 0 aromatic carbocycles. The van der Waals surface area contributed by atoms with Crippen molar-refractivity contribution in [1.29, 1.82) is 0 Å². The van der Waals surface area contributed by atoms with E-state index in [1.807, 2.05) is 36.5 Å². The van der Waals surface area contributed by atoms with Gasteiger partial charge in [0.2, 0.25) is 0 Å². The highest BCUT2D eigenvalue weighted by molar-refractivity contribution is 5.79. The van der Waals surface area contributed by atoms with E-state index in [2.05, 4.69) is 20.1 Å². The number of pyridine rings is 2. The summed E-state index contributed by atoms with van der Waals surface area (Å²) in [6.45, 7) is 0. The van der Waals surface area contributed by atoms with Crippen LogP contribution in [-0.2, 0) is 0 Å². The lowest BCUT2D eigenvalue weighted by molar-refractivity contribution is 0.865. The minimum Gasteiger partial charge on any atom is -0.324 e. The molecule has 4 rings (SSSR count). The van der Waals surface area contributed by atoms with Gasteiger partial charge in [0.15, 0.2) is 5.65 Å². The first-order valence-corrected chi connectivity index (χ1v) is 5.65. The number of aromatic amines is 1. The molecule has 0 bridgehead atoms. The van der Waals surface area contributed by atoms with E-state index in [0.717, 1.165) is 27.9 Å². The number of nitrogens with zero attached hydrogens (tertiary/aromatic N) is 4. The van der Waals surface area contributed by atoms with Crippen LogP contribution in [0.4, 0.5) is 0 Å². The fraction of sp³-hybridized carbons (Fsp3) is 0. The van der Waals surface area contributed by atoms with Crippen molar-refractivity contribution in [2.24, 2.45) is 0 Å². The largest absolute Gasteiger partial charge is 0.324 e. The summed E-state index contributed by atoms with van der Waals surface area (Å²) in [5, 5.41) is 6.51. The highest BCUT2D eigenvalue weighted by atomic mass is 15.3. The minimum absolute atomic E-state index is 0.740. The number of nitrogens with one attached hydrogen (secondary N) is 1. The molecule has 86 valence electrons. The molecule has 0 spiro atoms. The first-order valence-electron chi connectivity index (χ1n) is 5.65. The van der Waals surface area contributed by atoms with Crippen molar-refractivity contribution in [3.63, 3.8) is 0 Å². The molecule has 4 heterocycles. The molecule has 0 atom stereocenters. The van der Waals surface area contributed by atoms with Crippen LogP contribution in [-0.4, -0.2) is 24.7 Å². The van der Waals surface area contributed by atoms with E-state index in [0.29, 0.717) is 0 Å². The van der Waals surface area contributed by atoms with Crippen molar-refractivity contribution in [1.82, 2.24) is 24.7 Å². The predicted octanol–water partition coefficient (Wildman–Crippen LogP) is 2.30. The van der Waals surface area contributed by atoms with Gasteiger partial charge in [0.25, 0.3) is 0 Å². The molecule has 0 aliphatic heterocycles. The molecule has 5 nitrogen and oxygen atoms in total. The van der Waals surface area contributed by atoms with E-state index in [1.165, 1.54) is 0 Å². The number of H-pyrrole nitrogens is 1. The standard InChI is InChI=1S/C13H9N5/c1-3-9-7-11(16-12(9)14-5-1)18-8-10-4-2-6-15-13(10)17-18/h1-8H,(H,14,16). The van der Waals surface area contributed by atoms with E-state index < -0.39 is 0 Å². The molecule has 0 saturated carbocycles. The average Bonchev–Trinajstić information content (AvgIpc) is 3.02. The lowest BCUT2D eigenvalue weighted by Crippen LogP contribution is -1.94. The van der Waals surface area contributed by atoms with Gasteiger partial charge >= 0.3 is 0 Å². The molecule has 1 N–H and O–H groups in total. The molecular weight excluding hydrogens is 226 g/mol. The van der Waals surface area contributed by atoms with E-state index >= 15 is 0 Å². The fourth-order valence-corrected chi connectivity index (χ4v) is 2.05. The van der Waals surface area contributed by atoms with Crippen molar-refractivity contribution in [3.8, 4) is 5.82 Å². The van der Waals surface area contributed by atoms with E-state index in [9.17, 15) is 0 Å². The van der Waals surface area contributed by atoms with Gasteiger partial charge in [-0.15, -0.1) is 5.10 Å². The lowest BCUT2D eigenvalue weighted by atomic mass is 10.3. The van der Waals surface area contributed by atoms with Gasteiger partial charge in [-0.05, 0) is 30.3 Å². The maximum Gasteiger partial charge on any atom is 0.181 e. The van der Waals surface area contributed by atoms with Crippen molar-refractivity contribution < 1.29 is 0 Å². The third kappa shape index (κ3) is 1.31. The maximum atomic E-state index is 4.42. The quantitative estimate of drug-likeness (QED) is 0.550. The van der Waals surface area contributed by atoms with Gasteiger partial charge in [-0.3, -0.25) is 0 Å². The Morgan fingerprint density at radius 2 is 1.83 bits per heavy atom. The summed E-state index contributed by atoms with van der Waals surface area (Å²) < 4.78 is 1.79. The molecule has 0 aliphatic rings. The second-order valence-corrected chi connectivity index (χ2v) is 4.09. The molecule has 0 radical (unpaired) electrons. The van der Waals surface area contributed by atoms with Gasteiger partial charge < -0.3 is 4.98 Å².